The van der Waals surface area contributed by atoms with Crippen molar-refractivity contribution in [2.45, 2.75) is 6.04 Å². The lowest BCUT2D eigenvalue weighted by Gasteiger charge is -2.31. The second-order valence-corrected chi connectivity index (χ2v) is 6.68. The first-order valence-electron chi connectivity index (χ1n) is 7.49. The van der Waals surface area contributed by atoms with Crippen LogP contribution < -0.4 is 0 Å². The lowest BCUT2D eigenvalue weighted by molar-refractivity contribution is 0.135. The van der Waals surface area contributed by atoms with E-state index < -0.39 is 11.9 Å². The summed E-state index contributed by atoms with van der Waals surface area (Å²) in [5, 5.41) is 33.4. The minimum atomic E-state index is -0.804. The summed E-state index contributed by atoms with van der Waals surface area (Å²) in [6, 6.07) is 3.51. The minimum absolute atomic E-state index is 0.156. The van der Waals surface area contributed by atoms with Crippen LogP contribution in [0.25, 0.3) is 4.96 Å². The van der Waals surface area contributed by atoms with E-state index in [2.05, 4.69) is 10.1 Å². The van der Waals surface area contributed by atoms with E-state index >= 15 is 0 Å². The summed E-state index contributed by atoms with van der Waals surface area (Å²) in [5.41, 5.74) is 0.158. The van der Waals surface area contributed by atoms with Crippen molar-refractivity contribution >= 4 is 27.9 Å². The Morgan fingerprint density at radius 2 is 2.00 bits per heavy atom. The van der Waals surface area contributed by atoms with Crippen molar-refractivity contribution in [2.75, 3.05) is 26.3 Å². The van der Waals surface area contributed by atoms with E-state index in [9.17, 15) is 19.7 Å². The zero-order valence-electron chi connectivity index (χ0n) is 13.0. The van der Waals surface area contributed by atoms with Crippen LogP contribution in [0.1, 0.15) is 16.5 Å². The van der Waals surface area contributed by atoms with Crippen LogP contribution in [0.15, 0.2) is 24.5 Å². The largest absolute Gasteiger partial charge is 0.492 e. The number of hydrogen-bond acceptors (Lipinski definition) is 7. The number of thiazole rings is 1. The fourth-order valence-electron chi connectivity index (χ4n) is 2.75. The number of fused-ring (bicyclic) bond motifs is 1. The number of hydrogen-bond donors (Lipinski definition) is 3. The first kappa shape index (κ1) is 18.0. The predicted molar refractivity (Wildman–Crippen MR) is 91.5 cm³/mol. The summed E-state index contributed by atoms with van der Waals surface area (Å²) >= 11 is 7.38. The van der Waals surface area contributed by atoms with Gasteiger partial charge in [-0.25, -0.2) is 9.37 Å². The number of rotatable bonds is 7. The van der Waals surface area contributed by atoms with Gasteiger partial charge in [-0.3, -0.25) is 4.90 Å². The van der Waals surface area contributed by atoms with Gasteiger partial charge in [-0.15, -0.1) is 0 Å². The minimum Gasteiger partial charge on any atom is -0.492 e. The molecule has 134 valence electrons. The number of aromatic hydroxyl groups is 1. The number of aliphatic hydroxyl groups excluding tert-OH is 2. The van der Waals surface area contributed by atoms with Gasteiger partial charge in [0.1, 0.15) is 12.1 Å². The third-order valence-corrected chi connectivity index (χ3v) is 5.22. The molecule has 0 fully saturated rings. The third-order valence-electron chi connectivity index (χ3n) is 3.80. The van der Waals surface area contributed by atoms with Crippen LogP contribution in [0.2, 0.25) is 5.02 Å². The molecule has 0 radical (unpaired) electrons. The highest BCUT2D eigenvalue weighted by Gasteiger charge is 2.32. The molecule has 2 heterocycles. The Morgan fingerprint density at radius 3 is 2.60 bits per heavy atom. The molecule has 2 aromatic heterocycles. The average molecular weight is 387 g/mol. The summed E-state index contributed by atoms with van der Waals surface area (Å²) in [5.74, 6) is -0.723. The maximum Gasteiger partial charge on any atom is 0.230 e. The normalized spacial score (nSPS) is 13.0. The molecule has 0 saturated carbocycles. The first-order chi connectivity index (χ1) is 12.1. The molecule has 1 aromatic carbocycles. The van der Waals surface area contributed by atoms with Gasteiger partial charge < -0.3 is 15.3 Å². The van der Waals surface area contributed by atoms with E-state index in [1.165, 1.54) is 23.0 Å². The zero-order valence-corrected chi connectivity index (χ0v) is 14.6. The number of halogens is 2. The molecule has 3 rings (SSSR count). The fourth-order valence-corrected chi connectivity index (χ4v) is 4.09. The standard InChI is InChI=1S/C15H16ClFN4O3S/c16-9-2-1-3-10(17)11(9)12(20(4-6-22)5-7-23)13-14(24)21-15(25-13)18-8-19-21/h1-3,8,12,22-24H,4-7H2. The van der Waals surface area contributed by atoms with Crippen molar-refractivity contribution < 1.29 is 19.7 Å². The van der Waals surface area contributed by atoms with Crippen molar-refractivity contribution in [2.24, 2.45) is 0 Å². The van der Waals surface area contributed by atoms with Crippen molar-refractivity contribution in [1.82, 2.24) is 19.5 Å². The van der Waals surface area contributed by atoms with Gasteiger partial charge in [-0.05, 0) is 12.1 Å². The van der Waals surface area contributed by atoms with E-state index in [0.29, 0.717) is 9.84 Å². The average Bonchev–Trinajstić information content (AvgIpc) is 3.15. The van der Waals surface area contributed by atoms with Gasteiger partial charge in [0.2, 0.25) is 10.8 Å². The smallest absolute Gasteiger partial charge is 0.230 e. The van der Waals surface area contributed by atoms with Crippen LogP contribution in [0, 0.1) is 5.82 Å². The molecule has 1 unspecified atom stereocenters. The molecule has 10 heteroatoms. The van der Waals surface area contributed by atoms with Crippen LogP contribution >= 0.6 is 22.9 Å². The van der Waals surface area contributed by atoms with Gasteiger partial charge in [0.25, 0.3) is 0 Å². The molecule has 0 aliphatic heterocycles. The topological polar surface area (TPSA) is 94.1 Å². The van der Waals surface area contributed by atoms with Crippen LogP contribution in [-0.4, -0.2) is 61.1 Å². The van der Waals surface area contributed by atoms with E-state index in [1.54, 1.807) is 11.0 Å². The molecule has 0 aliphatic rings. The van der Waals surface area contributed by atoms with Crippen molar-refractivity contribution in [3.05, 3.63) is 45.8 Å². The molecular weight excluding hydrogens is 371 g/mol. The maximum absolute atomic E-state index is 14.6. The third kappa shape index (κ3) is 3.33. The SMILES string of the molecule is OCCN(CCO)C(c1sc2ncnn2c1O)c1c(F)cccc1Cl. The zero-order chi connectivity index (χ0) is 18.0. The van der Waals surface area contributed by atoms with Crippen LogP contribution in [0.3, 0.4) is 0 Å². The summed E-state index contributed by atoms with van der Waals surface area (Å²) in [4.78, 5) is 6.51. The predicted octanol–water partition coefficient (Wildman–Crippen LogP) is 1.66. The summed E-state index contributed by atoms with van der Waals surface area (Å²) in [6.45, 7) is -0.0971. The first-order valence-corrected chi connectivity index (χ1v) is 8.69. The highest BCUT2D eigenvalue weighted by atomic mass is 35.5. The van der Waals surface area contributed by atoms with E-state index in [1.807, 2.05) is 0 Å². The Bertz CT molecular complexity index is 845. The molecule has 3 N–H and O–H groups in total. The van der Waals surface area contributed by atoms with Gasteiger partial charge >= 0.3 is 0 Å². The monoisotopic (exact) mass is 386 g/mol. The lowest BCUT2D eigenvalue weighted by Crippen LogP contribution is -2.35. The van der Waals surface area contributed by atoms with Gasteiger partial charge in [0.05, 0.1) is 24.1 Å². The van der Waals surface area contributed by atoms with Gasteiger partial charge in [-0.1, -0.05) is 29.0 Å². The van der Waals surface area contributed by atoms with E-state index in [4.69, 9.17) is 11.6 Å². The molecule has 0 spiro atoms. The van der Waals surface area contributed by atoms with E-state index in [-0.39, 0.29) is 42.8 Å². The second kappa shape index (κ2) is 7.63. The van der Waals surface area contributed by atoms with Gasteiger partial charge in [0, 0.05) is 23.7 Å². The summed E-state index contributed by atoms with van der Waals surface area (Å²) in [6.07, 6.45) is 1.31. The Labute approximate surface area is 151 Å². The van der Waals surface area contributed by atoms with Crippen molar-refractivity contribution in [1.29, 1.82) is 0 Å². The molecule has 0 bridgehead atoms. The van der Waals surface area contributed by atoms with Crippen LogP contribution in [-0.2, 0) is 0 Å². The Balaban J connectivity index is 2.20. The van der Waals surface area contributed by atoms with Crippen LogP contribution in [0.4, 0.5) is 4.39 Å². The van der Waals surface area contributed by atoms with E-state index in [0.717, 1.165) is 11.3 Å². The maximum atomic E-state index is 14.6. The van der Waals surface area contributed by atoms with Crippen molar-refractivity contribution in [3.63, 3.8) is 0 Å². The molecule has 0 amide bonds. The Morgan fingerprint density at radius 1 is 1.28 bits per heavy atom. The van der Waals surface area contributed by atoms with Crippen LogP contribution in [0.5, 0.6) is 5.88 Å². The molecule has 3 aromatic rings. The Kier molecular flexibility index (Phi) is 5.50. The highest BCUT2D eigenvalue weighted by Crippen LogP contribution is 2.42. The fraction of sp³-hybridized carbons (Fsp3) is 0.333. The van der Waals surface area contributed by atoms with Gasteiger partial charge in [0.15, 0.2) is 0 Å². The molecule has 25 heavy (non-hydrogen) atoms. The number of aliphatic hydroxyl groups is 2. The molecular formula is C15H16ClFN4O3S. The quantitative estimate of drug-likeness (QED) is 0.572. The van der Waals surface area contributed by atoms with Crippen molar-refractivity contribution in [3.8, 4) is 5.88 Å². The van der Waals surface area contributed by atoms with Gasteiger partial charge in [-0.2, -0.15) is 9.61 Å². The highest BCUT2D eigenvalue weighted by molar-refractivity contribution is 7.17. The molecule has 0 aliphatic carbocycles. The summed E-state index contributed by atoms with van der Waals surface area (Å²) < 4.78 is 15.8. The second-order valence-electron chi connectivity index (χ2n) is 5.27. The molecule has 1 atom stereocenters. The summed E-state index contributed by atoms with van der Waals surface area (Å²) in [7, 11) is 0. The number of benzene rings is 1. The molecule has 7 nitrogen and oxygen atoms in total. The lowest BCUT2D eigenvalue weighted by atomic mass is 10.0. The number of aromatic nitrogens is 3. The molecule has 0 saturated heterocycles. The Hall–Kier alpha value is -1.78. The number of nitrogens with zero attached hydrogens (tertiary/aromatic N) is 4.